The molecule has 2 aromatic carbocycles. The number of esters is 1. The zero-order valence-electron chi connectivity index (χ0n) is 21.3. The van der Waals surface area contributed by atoms with E-state index in [4.69, 9.17) is 45.8 Å². The molecular formula is C25H29ClF3NO10. The van der Waals surface area contributed by atoms with E-state index in [9.17, 15) is 33.3 Å². The summed E-state index contributed by atoms with van der Waals surface area (Å²) in [6.45, 7) is 0.210. The van der Waals surface area contributed by atoms with Gasteiger partial charge in [0.2, 0.25) is 6.29 Å². The number of nitrogens with two attached hydrogens (primary N) is 1. The van der Waals surface area contributed by atoms with Crippen LogP contribution >= 0.6 is 11.6 Å². The number of aliphatic hydroxyl groups is 3. The van der Waals surface area contributed by atoms with Crippen molar-refractivity contribution < 1.29 is 61.8 Å². The molecule has 0 aliphatic carbocycles. The van der Waals surface area contributed by atoms with Crippen molar-refractivity contribution in [3.8, 4) is 11.5 Å². The molecule has 1 aliphatic rings. The fourth-order valence-electron chi connectivity index (χ4n) is 3.47. The molecule has 0 spiro atoms. The van der Waals surface area contributed by atoms with Gasteiger partial charge in [-0.2, -0.15) is 13.2 Å². The first kappa shape index (κ1) is 33.2. The topological polar surface area (TPSA) is 167 Å². The second kappa shape index (κ2) is 15.1. The van der Waals surface area contributed by atoms with Crippen LogP contribution in [0.1, 0.15) is 21.5 Å². The van der Waals surface area contributed by atoms with Gasteiger partial charge in [0.05, 0.1) is 17.7 Å². The number of carbonyl (C=O) groups is 2. The zero-order valence-corrected chi connectivity index (χ0v) is 22.1. The third-order valence-electron chi connectivity index (χ3n) is 5.49. The van der Waals surface area contributed by atoms with Crippen LogP contribution in [0.15, 0.2) is 36.4 Å². The Kier molecular flexibility index (Phi) is 12.6. The van der Waals surface area contributed by atoms with Crippen molar-refractivity contribution in [1.29, 1.82) is 0 Å². The van der Waals surface area contributed by atoms with E-state index in [-0.39, 0.29) is 28.7 Å². The van der Waals surface area contributed by atoms with Gasteiger partial charge in [-0.25, -0.2) is 4.79 Å². The van der Waals surface area contributed by atoms with E-state index in [1.165, 1.54) is 26.4 Å². The third-order valence-corrected chi connectivity index (χ3v) is 5.77. The number of benzene rings is 2. The molecule has 1 aliphatic heterocycles. The molecule has 2 aromatic rings. The number of rotatable bonds is 9. The Morgan fingerprint density at radius 2 is 1.75 bits per heavy atom. The van der Waals surface area contributed by atoms with E-state index in [2.05, 4.69) is 0 Å². The molecule has 3 rings (SSSR count). The normalized spacial score (nSPS) is 22.5. The summed E-state index contributed by atoms with van der Waals surface area (Å²) in [6.07, 6.45) is -12.5. The Labute approximate surface area is 232 Å². The zero-order chi connectivity index (χ0) is 30.0. The average Bonchev–Trinajstić information content (AvgIpc) is 2.94. The number of aliphatic hydroxyl groups excluding tert-OH is 3. The van der Waals surface area contributed by atoms with Gasteiger partial charge >= 0.3 is 12.1 Å². The van der Waals surface area contributed by atoms with E-state index < -0.39 is 55.7 Å². The molecule has 0 bridgehead atoms. The number of aldehydes is 1. The predicted molar refractivity (Wildman–Crippen MR) is 133 cm³/mol. The van der Waals surface area contributed by atoms with Gasteiger partial charge in [0.15, 0.2) is 17.8 Å². The molecule has 0 aromatic heterocycles. The number of methoxy groups -OCH3 is 2. The predicted octanol–water partition coefficient (Wildman–Crippen LogP) is 1.74. The van der Waals surface area contributed by atoms with Crippen molar-refractivity contribution in [1.82, 2.24) is 0 Å². The Morgan fingerprint density at radius 3 is 2.33 bits per heavy atom. The molecule has 0 saturated carbocycles. The molecule has 0 radical (unpaired) electrons. The highest BCUT2D eigenvalue weighted by molar-refractivity contribution is 6.32. The SMILES string of the molecule is COc1cc(C(=O)OC[C@H]2OC(OC)[C@H](O)[C@@H](O)[C@@H]2O)cc(Cl)c1OCc1cccc(CN)c1.O=CC(F)(F)F. The standard InChI is InChI=1S/C23H28ClNO9.C2HF3O/c1-30-16-8-14(7-15(24)21(16)32-10-13-5-3-4-12(6-13)9-25)22(29)33-11-17-18(26)19(27)20(28)23(31-2)34-17;3-2(4,5)1-6/h3-8,17-20,23,26-28H,9-11,25H2,1-2H3;1H/t17-,18-,19+,20-,23?;/m1./s1. The lowest BCUT2D eigenvalue weighted by molar-refractivity contribution is -0.294. The van der Waals surface area contributed by atoms with Crippen molar-refractivity contribution in [2.45, 2.75) is 50.0 Å². The van der Waals surface area contributed by atoms with Gasteiger partial charge in [0.1, 0.15) is 37.6 Å². The quantitative estimate of drug-likeness (QED) is 0.246. The smallest absolute Gasteiger partial charge is 0.446 e. The van der Waals surface area contributed by atoms with E-state index in [1.54, 1.807) is 0 Å². The molecule has 5 N–H and O–H groups in total. The maximum atomic E-state index is 12.6. The van der Waals surface area contributed by atoms with Gasteiger partial charge < -0.3 is 44.7 Å². The van der Waals surface area contributed by atoms with E-state index in [1.807, 2.05) is 24.3 Å². The van der Waals surface area contributed by atoms with Gasteiger partial charge in [-0.3, -0.25) is 4.79 Å². The summed E-state index contributed by atoms with van der Waals surface area (Å²) in [4.78, 5) is 21.3. The molecule has 5 atom stereocenters. The lowest BCUT2D eigenvalue weighted by Crippen LogP contribution is -2.59. The van der Waals surface area contributed by atoms with E-state index in [0.29, 0.717) is 6.54 Å². The molecule has 1 saturated heterocycles. The summed E-state index contributed by atoms with van der Waals surface area (Å²) in [7, 11) is 2.68. The summed E-state index contributed by atoms with van der Waals surface area (Å²) >= 11 is 6.35. The molecule has 1 heterocycles. The summed E-state index contributed by atoms with van der Waals surface area (Å²) < 4.78 is 57.9. The van der Waals surface area contributed by atoms with E-state index >= 15 is 0 Å². The van der Waals surface area contributed by atoms with E-state index in [0.717, 1.165) is 11.1 Å². The largest absolute Gasteiger partial charge is 0.493 e. The highest BCUT2D eigenvalue weighted by Crippen LogP contribution is 2.37. The van der Waals surface area contributed by atoms with Crippen LogP contribution in [0.3, 0.4) is 0 Å². The average molecular weight is 596 g/mol. The van der Waals surface area contributed by atoms with Gasteiger partial charge in [-0.05, 0) is 23.3 Å². The minimum Gasteiger partial charge on any atom is -0.493 e. The first-order valence-corrected chi connectivity index (χ1v) is 11.9. The lowest BCUT2D eigenvalue weighted by atomic mass is 9.99. The Balaban J connectivity index is 0.000000840. The van der Waals surface area contributed by atoms with Gasteiger partial charge in [-0.15, -0.1) is 0 Å². The molecule has 40 heavy (non-hydrogen) atoms. The summed E-state index contributed by atoms with van der Waals surface area (Å²) in [5, 5.41) is 30.0. The molecule has 11 nitrogen and oxygen atoms in total. The fraction of sp³-hybridized carbons (Fsp3) is 0.440. The number of alkyl halides is 3. The minimum atomic E-state index is -4.64. The minimum absolute atomic E-state index is 0.0773. The van der Waals surface area contributed by atoms with Crippen molar-refractivity contribution in [3.63, 3.8) is 0 Å². The number of hydrogen-bond acceptors (Lipinski definition) is 11. The van der Waals surface area contributed by atoms with Gasteiger partial charge in [-0.1, -0.05) is 35.9 Å². The van der Waals surface area contributed by atoms with Crippen molar-refractivity contribution >= 4 is 23.9 Å². The third kappa shape index (κ3) is 9.30. The fourth-order valence-corrected chi connectivity index (χ4v) is 3.74. The Bertz CT molecular complexity index is 1130. The number of hydrogen-bond donors (Lipinski definition) is 4. The van der Waals surface area contributed by atoms with Crippen LogP contribution in [-0.2, 0) is 32.2 Å². The van der Waals surface area contributed by atoms with Crippen molar-refractivity contribution in [2.24, 2.45) is 5.73 Å². The lowest BCUT2D eigenvalue weighted by Gasteiger charge is -2.39. The maximum Gasteiger partial charge on any atom is 0.446 e. The summed E-state index contributed by atoms with van der Waals surface area (Å²) in [5.41, 5.74) is 7.60. The molecule has 15 heteroatoms. The molecule has 222 valence electrons. The van der Waals surface area contributed by atoms with Crippen molar-refractivity contribution in [3.05, 3.63) is 58.1 Å². The molecule has 0 amide bonds. The first-order valence-electron chi connectivity index (χ1n) is 11.6. The summed E-state index contributed by atoms with van der Waals surface area (Å²) in [6, 6.07) is 10.4. The van der Waals surface area contributed by atoms with Crippen LogP contribution < -0.4 is 15.2 Å². The van der Waals surface area contributed by atoms with Crippen LogP contribution in [0.2, 0.25) is 5.02 Å². The monoisotopic (exact) mass is 595 g/mol. The second-order valence-electron chi connectivity index (χ2n) is 8.31. The molecule has 1 unspecified atom stereocenters. The van der Waals surface area contributed by atoms with Gasteiger partial charge in [0, 0.05) is 13.7 Å². The highest BCUT2D eigenvalue weighted by Gasteiger charge is 2.44. The number of carbonyl (C=O) groups excluding carboxylic acids is 2. The van der Waals surface area contributed by atoms with Gasteiger partial charge in [0.25, 0.3) is 0 Å². The molecular weight excluding hydrogens is 567 g/mol. The second-order valence-corrected chi connectivity index (χ2v) is 8.72. The van der Waals surface area contributed by atoms with Crippen LogP contribution in [0.25, 0.3) is 0 Å². The van der Waals surface area contributed by atoms with Crippen LogP contribution in [0.4, 0.5) is 13.2 Å². The van der Waals surface area contributed by atoms with Crippen LogP contribution in [0, 0.1) is 0 Å². The maximum absolute atomic E-state index is 12.6. The van der Waals surface area contributed by atoms with Crippen molar-refractivity contribution in [2.75, 3.05) is 20.8 Å². The Hall–Kier alpha value is -2.98. The number of ether oxygens (including phenoxy) is 5. The number of halogens is 4. The highest BCUT2D eigenvalue weighted by atomic mass is 35.5. The van der Waals surface area contributed by atoms with Crippen LogP contribution in [0.5, 0.6) is 11.5 Å². The molecule has 1 fully saturated rings. The first-order chi connectivity index (χ1) is 18.8. The Morgan fingerprint density at radius 1 is 1.10 bits per heavy atom. The van der Waals surface area contributed by atoms with Crippen LogP contribution in [-0.4, -0.2) is 85.3 Å². The summed E-state index contributed by atoms with van der Waals surface area (Å²) in [5.74, 6) is -0.293.